The molecule has 4 rings (SSSR count). The molecule has 3 N–H and O–H groups in total. The van der Waals surface area contributed by atoms with Crippen molar-refractivity contribution in [3.63, 3.8) is 0 Å². The van der Waals surface area contributed by atoms with Crippen LogP contribution in [0.15, 0.2) is 72.8 Å². The third-order valence-electron chi connectivity index (χ3n) is 5.43. The van der Waals surface area contributed by atoms with Crippen molar-refractivity contribution >= 4 is 12.1 Å². The van der Waals surface area contributed by atoms with Gasteiger partial charge in [0.1, 0.15) is 12.4 Å². The van der Waals surface area contributed by atoms with Gasteiger partial charge in [0.2, 0.25) is 0 Å². The van der Waals surface area contributed by atoms with E-state index in [-0.39, 0.29) is 18.1 Å². The van der Waals surface area contributed by atoms with Crippen molar-refractivity contribution in [2.45, 2.75) is 18.1 Å². The molecule has 0 spiro atoms. The van der Waals surface area contributed by atoms with Crippen molar-refractivity contribution < 1.29 is 28.9 Å². The van der Waals surface area contributed by atoms with Gasteiger partial charge in [-0.15, -0.1) is 0 Å². The summed E-state index contributed by atoms with van der Waals surface area (Å²) in [5, 5.41) is 21.5. The third kappa shape index (κ3) is 4.00. The van der Waals surface area contributed by atoms with Crippen LogP contribution in [0.5, 0.6) is 0 Å². The Morgan fingerprint density at radius 1 is 0.935 bits per heavy atom. The number of benzene rings is 3. The van der Waals surface area contributed by atoms with Crippen molar-refractivity contribution in [3.05, 3.63) is 95.3 Å². The minimum atomic E-state index is -2.04. The summed E-state index contributed by atoms with van der Waals surface area (Å²) in [5.41, 5.74) is 4.03. The molecule has 2 atom stereocenters. The molecule has 0 aliphatic heterocycles. The average molecular weight is 421 g/mol. The van der Waals surface area contributed by atoms with Crippen LogP contribution in [-0.4, -0.2) is 35.0 Å². The number of hydrogen-bond acceptors (Lipinski definition) is 4. The Bertz CT molecular complexity index is 1090. The van der Waals surface area contributed by atoms with Crippen LogP contribution < -0.4 is 5.32 Å². The average Bonchev–Trinajstić information content (AvgIpc) is 3.10. The summed E-state index contributed by atoms with van der Waals surface area (Å²) in [6, 6.07) is 19.5. The number of carboxylic acids is 1. The molecule has 3 aromatic rings. The Hall–Kier alpha value is -3.71. The van der Waals surface area contributed by atoms with E-state index < -0.39 is 30.0 Å². The number of rotatable bonds is 6. The van der Waals surface area contributed by atoms with Crippen molar-refractivity contribution in [2.24, 2.45) is 0 Å². The van der Waals surface area contributed by atoms with Crippen molar-refractivity contribution in [1.82, 2.24) is 5.32 Å². The standard InChI is InChI=1S/C24H20FNO5/c25-20-12-6-5-11-18(20)21(22(27)23(28)29)26-24(30)31-13-19-16-9-3-1-7-14(16)15-8-2-4-10-17(15)19/h1-12,19,21-22,27H,13H2,(H,26,30)(H,28,29). The van der Waals surface area contributed by atoms with E-state index in [1.165, 1.54) is 18.2 Å². The molecule has 6 nitrogen and oxygen atoms in total. The van der Waals surface area contributed by atoms with Gasteiger partial charge in [0.25, 0.3) is 0 Å². The Labute approximate surface area is 177 Å². The SMILES string of the molecule is O=C(NC(c1ccccc1F)C(O)C(=O)O)OCC1c2ccccc2-c2ccccc21. The second-order valence-electron chi connectivity index (χ2n) is 7.25. The lowest BCUT2D eigenvalue weighted by Gasteiger charge is -2.23. The van der Waals surface area contributed by atoms with Gasteiger partial charge < -0.3 is 20.3 Å². The molecule has 0 aromatic heterocycles. The summed E-state index contributed by atoms with van der Waals surface area (Å²) in [6.07, 6.45) is -2.99. The van der Waals surface area contributed by atoms with Crippen LogP contribution in [0, 0.1) is 5.82 Å². The number of carbonyl (C=O) groups is 2. The van der Waals surface area contributed by atoms with Crippen molar-refractivity contribution in [2.75, 3.05) is 6.61 Å². The Balaban J connectivity index is 1.52. The zero-order valence-electron chi connectivity index (χ0n) is 16.4. The highest BCUT2D eigenvalue weighted by Crippen LogP contribution is 2.44. The fourth-order valence-corrected chi connectivity index (χ4v) is 3.96. The molecule has 7 heteroatoms. The number of halogens is 1. The summed E-state index contributed by atoms with van der Waals surface area (Å²) >= 11 is 0. The number of carboxylic acid groups (broad SMARTS) is 1. The molecule has 1 aliphatic rings. The van der Waals surface area contributed by atoms with E-state index in [1.54, 1.807) is 0 Å². The molecule has 1 amide bonds. The molecule has 0 heterocycles. The van der Waals surface area contributed by atoms with Crippen LogP contribution in [0.2, 0.25) is 0 Å². The van der Waals surface area contributed by atoms with Crippen LogP contribution in [0.4, 0.5) is 9.18 Å². The maximum absolute atomic E-state index is 14.2. The Kier molecular flexibility index (Phi) is 5.68. The van der Waals surface area contributed by atoms with Crippen LogP contribution in [-0.2, 0) is 9.53 Å². The summed E-state index contributed by atoms with van der Waals surface area (Å²) in [4.78, 5) is 23.8. The van der Waals surface area contributed by atoms with E-state index in [4.69, 9.17) is 4.74 Å². The van der Waals surface area contributed by atoms with E-state index in [1.807, 2.05) is 48.5 Å². The van der Waals surface area contributed by atoms with Crippen molar-refractivity contribution in [1.29, 1.82) is 0 Å². The molecule has 0 radical (unpaired) electrons. The number of aliphatic carboxylic acids is 1. The predicted octanol–water partition coefficient (Wildman–Crippen LogP) is 3.85. The minimum absolute atomic E-state index is 0.00696. The van der Waals surface area contributed by atoms with Gasteiger partial charge in [-0.25, -0.2) is 14.0 Å². The van der Waals surface area contributed by atoms with E-state index >= 15 is 0 Å². The summed E-state index contributed by atoms with van der Waals surface area (Å²) < 4.78 is 19.6. The number of nitrogens with one attached hydrogen (secondary N) is 1. The maximum atomic E-state index is 14.2. The van der Waals surface area contributed by atoms with E-state index in [9.17, 15) is 24.2 Å². The second kappa shape index (κ2) is 8.57. The van der Waals surface area contributed by atoms with Crippen LogP contribution in [0.1, 0.15) is 28.7 Å². The molecule has 31 heavy (non-hydrogen) atoms. The van der Waals surface area contributed by atoms with Gasteiger partial charge in [0.05, 0.1) is 6.04 Å². The van der Waals surface area contributed by atoms with E-state index in [0.29, 0.717) is 0 Å². The molecule has 158 valence electrons. The largest absolute Gasteiger partial charge is 0.479 e. The van der Waals surface area contributed by atoms with E-state index in [2.05, 4.69) is 5.32 Å². The zero-order valence-corrected chi connectivity index (χ0v) is 16.4. The molecule has 1 aliphatic carbocycles. The lowest BCUT2D eigenvalue weighted by atomic mass is 9.98. The monoisotopic (exact) mass is 421 g/mol. The first-order valence-corrected chi connectivity index (χ1v) is 9.74. The van der Waals surface area contributed by atoms with E-state index in [0.717, 1.165) is 28.3 Å². The predicted molar refractivity (Wildman–Crippen MR) is 111 cm³/mol. The van der Waals surface area contributed by atoms with Gasteiger partial charge in [0, 0.05) is 11.5 Å². The van der Waals surface area contributed by atoms with Gasteiger partial charge in [-0.2, -0.15) is 0 Å². The normalized spacial score (nSPS) is 14.3. The smallest absolute Gasteiger partial charge is 0.407 e. The molecule has 2 unspecified atom stereocenters. The fourth-order valence-electron chi connectivity index (χ4n) is 3.96. The van der Waals surface area contributed by atoms with Gasteiger partial charge in [-0.1, -0.05) is 66.7 Å². The highest BCUT2D eigenvalue weighted by atomic mass is 19.1. The highest BCUT2D eigenvalue weighted by molar-refractivity contribution is 5.79. The minimum Gasteiger partial charge on any atom is -0.479 e. The number of alkyl carbamates (subject to hydrolysis) is 1. The van der Waals surface area contributed by atoms with Gasteiger partial charge in [-0.05, 0) is 28.3 Å². The Morgan fingerprint density at radius 2 is 1.48 bits per heavy atom. The number of aliphatic hydroxyl groups excluding tert-OH is 1. The number of amides is 1. The molecule has 0 fully saturated rings. The summed E-state index contributed by atoms with van der Waals surface area (Å²) in [7, 11) is 0. The van der Waals surface area contributed by atoms with Crippen LogP contribution >= 0.6 is 0 Å². The molecular formula is C24H20FNO5. The molecular weight excluding hydrogens is 401 g/mol. The molecule has 0 bridgehead atoms. The second-order valence-corrected chi connectivity index (χ2v) is 7.25. The molecule has 0 saturated heterocycles. The molecule has 3 aromatic carbocycles. The van der Waals surface area contributed by atoms with Gasteiger partial charge >= 0.3 is 12.1 Å². The zero-order chi connectivity index (χ0) is 22.0. The third-order valence-corrected chi connectivity index (χ3v) is 5.43. The van der Waals surface area contributed by atoms with Gasteiger partial charge in [0.15, 0.2) is 6.10 Å². The first kappa shape index (κ1) is 20.6. The lowest BCUT2D eigenvalue weighted by molar-refractivity contribution is -0.148. The summed E-state index contributed by atoms with van der Waals surface area (Å²) in [6.45, 7) is 0.00696. The number of hydrogen-bond donors (Lipinski definition) is 3. The first-order valence-electron chi connectivity index (χ1n) is 9.74. The molecule has 0 saturated carbocycles. The van der Waals surface area contributed by atoms with Crippen molar-refractivity contribution in [3.8, 4) is 11.1 Å². The van der Waals surface area contributed by atoms with Crippen LogP contribution in [0.25, 0.3) is 11.1 Å². The quantitative estimate of drug-likeness (QED) is 0.562. The number of aliphatic hydroxyl groups is 1. The fraction of sp³-hybridized carbons (Fsp3) is 0.167. The lowest BCUT2D eigenvalue weighted by Crippen LogP contribution is -2.41. The topological polar surface area (TPSA) is 95.9 Å². The Morgan fingerprint density at radius 3 is 2.06 bits per heavy atom. The van der Waals surface area contributed by atoms with Gasteiger partial charge in [-0.3, -0.25) is 0 Å². The maximum Gasteiger partial charge on any atom is 0.407 e. The number of carbonyl (C=O) groups excluding carboxylic acids is 1. The first-order chi connectivity index (χ1) is 15.0. The van der Waals surface area contributed by atoms with Crippen LogP contribution in [0.3, 0.4) is 0 Å². The number of ether oxygens (including phenoxy) is 1. The highest BCUT2D eigenvalue weighted by Gasteiger charge is 2.33. The number of fused-ring (bicyclic) bond motifs is 3. The summed E-state index contributed by atoms with van der Waals surface area (Å²) in [5.74, 6) is -2.52.